The van der Waals surface area contributed by atoms with Crippen molar-refractivity contribution in [1.29, 1.82) is 0 Å². The molecule has 2 rings (SSSR count). The van der Waals surface area contributed by atoms with Gasteiger partial charge in [0.2, 0.25) is 0 Å². The van der Waals surface area contributed by atoms with Crippen molar-refractivity contribution in [1.82, 2.24) is 4.90 Å². The van der Waals surface area contributed by atoms with E-state index in [0.717, 1.165) is 5.56 Å². The fourth-order valence-electron chi connectivity index (χ4n) is 2.56. The van der Waals surface area contributed by atoms with Gasteiger partial charge in [-0.3, -0.25) is 4.90 Å². The molecule has 0 aromatic heterocycles. The number of hydrogen-bond acceptors (Lipinski definition) is 4. The van der Waals surface area contributed by atoms with Gasteiger partial charge in [0.15, 0.2) is 0 Å². The summed E-state index contributed by atoms with van der Waals surface area (Å²) in [4.78, 5) is 24.9. The highest BCUT2D eigenvalue weighted by Gasteiger charge is 2.42. The van der Waals surface area contributed by atoms with Crippen LogP contribution < -0.4 is 4.74 Å². The normalized spacial score (nSPS) is 20.8. The Morgan fingerprint density at radius 1 is 1.33 bits per heavy atom. The number of aliphatic carboxylic acids is 1. The molecule has 0 bridgehead atoms. The molecule has 1 aromatic rings. The lowest BCUT2D eigenvalue weighted by Crippen LogP contribution is -2.43. The van der Waals surface area contributed by atoms with Crippen molar-refractivity contribution < 1.29 is 24.2 Å². The van der Waals surface area contributed by atoms with E-state index in [1.807, 2.05) is 6.92 Å². The van der Waals surface area contributed by atoms with Crippen LogP contribution in [-0.4, -0.2) is 46.4 Å². The van der Waals surface area contributed by atoms with Gasteiger partial charge in [-0.2, -0.15) is 0 Å². The fourth-order valence-corrected chi connectivity index (χ4v) is 2.79. The summed E-state index contributed by atoms with van der Waals surface area (Å²) < 4.78 is 11.2. The van der Waals surface area contributed by atoms with Crippen LogP contribution in [-0.2, 0) is 9.53 Å². The quantitative estimate of drug-likeness (QED) is 0.898. The summed E-state index contributed by atoms with van der Waals surface area (Å²) in [6.45, 7) is 7.23. The van der Waals surface area contributed by atoms with Crippen LogP contribution >= 0.6 is 11.6 Å². The van der Waals surface area contributed by atoms with Crippen LogP contribution in [0.25, 0.3) is 0 Å². The number of amides is 1. The molecule has 1 aliphatic heterocycles. The largest absolute Gasteiger partial charge is 0.488 e. The predicted molar refractivity (Wildman–Crippen MR) is 89.6 cm³/mol. The SMILES string of the molecule is Cc1cc(Cl)ccc1O[C@@H]1C[C@H](C(=O)O)N(C(=O)OC(C)(C)C)C1. The number of carboxylic acid groups (broad SMARTS) is 1. The molecule has 0 unspecified atom stereocenters. The molecule has 1 aliphatic rings. The lowest BCUT2D eigenvalue weighted by molar-refractivity contribution is -0.142. The van der Waals surface area contributed by atoms with Crippen molar-refractivity contribution in [2.24, 2.45) is 0 Å². The van der Waals surface area contributed by atoms with Crippen molar-refractivity contribution >= 4 is 23.7 Å². The molecule has 132 valence electrons. The van der Waals surface area contributed by atoms with E-state index >= 15 is 0 Å². The Morgan fingerprint density at radius 3 is 2.54 bits per heavy atom. The van der Waals surface area contributed by atoms with Crippen LogP contribution in [0.2, 0.25) is 5.02 Å². The van der Waals surface area contributed by atoms with Gasteiger partial charge in [0, 0.05) is 11.4 Å². The third-order valence-corrected chi connectivity index (χ3v) is 3.84. The number of benzene rings is 1. The highest BCUT2D eigenvalue weighted by Crippen LogP contribution is 2.28. The van der Waals surface area contributed by atoms with E-state index < -0.39 is 29.8 Å². The van der Waals surface area contributed by atoms with E-state index in [1.165, 1.54) is 4.90 Å². The first-order valence-corrected chi connectivity index (χ1v) is 8.10. The second-order valence-corrected chi connectivity index (χ2v) is 7.31. The molecule has 1 fully saturated rings. The van der Waals surface area contributed by atoms with E-state index in [-0.39, 0.29) is 13.0 Å². The first-order valence-electron chi connectivity index (χ1n) is 7.72. The molecule has 1 N–H and O–H groups in total. The number of aryl methyl sites for hydroxylation is 1. The molecule has 0 spiro atoms. The van der Waals surface area contributed by atoms with Gasteiger partial charge in [0.25, 0.3) is 0 Å². The number of carbonyl (C=O) groups is 2. The Balaban J connectivity index is 2.11. The molecule has 0 radical (unpaired) electrons. The molecule has 1 aromatic carbocycles. The zero-order valence-electron chi connectivity index (χ0n) is 14.2. The van der Waals surface area contributed by atoms with E-state index in [9.17, 15) is 14.7 Å². The number of ether oxygens (including phenoxy) is 2. The number of rotatable bonds is 3. The number of halogens is 1. The van der Waals surface area contributed by atoms with Gasteiger partial charge in [-0.05, 0) is 51.5 Å². The first kappa shape index (κ1) is 18.4. The summed E-state index contributed by atoms with van der Waals surface area (Å²) in [6, 6.07) is 4.26. The lowest BCUT2D eigenvalue weighted by Gasteiger charge is -2.26. The molecule has 2 atom stereocenters. The summed E-state index contributed by atoms with van der Waals surface area (Å²) >= 11 is 5.92. The van der Waals surface area contributed by atoms with E-state index in [2.05, 4.69) is 0 Å². The van der Waals surface area contributed by atoms with Crippen LogP contribution in [0, 0.1) is 6.92 Å². The van der Waals surface area contributed by atoms with Gasteiger partial charge in [0.05, 0.1) is 6.54 Å². The molecule has 7 heteroatoms. The molecular weight excluding hydrogens is 334 g/mol. The van der Waals surface area contributed by atoms with Gasteiger partial charge >= 0.3 is 12.1 Å². The third-order valence-electron chi connectivity index (χ3n) is 3.61. The number of hydrogen-bond donors (Lipinski definition) is 1. The van der Waals surface area contributed by atoms with Crippen molar-refractivity contribution in [3.05, 3.63) is 28.8 Å². The molecule has 24 heavy (non-hydrogen) atoms. The number of carbonyl (C=O) groups excluding carboxylic acids is 1. The van der Waals surface area contributed by atoms with Crippen LogP contribution in [0.15, 0.2) is 18.2 Å². The predicted octanol–water partition coefficient (Wildman–Crippen LogP) is 3.49. The zero-order valence-corrected chi connectivity index (χ0v) is 15.0. The zero-order chi connectivity index (χ0) is 18.1. The monoisotopic (exact) mass is 355 g/mol. The Bertz CT molecular complexity index is 640. The van der Waals surface area contributed by atoms with Crippen LogP contribution in [0.5, 0.6) is 5.75 Å². The summed E-state index contributed by atoms with van der Waals surface area (Å²) in [5.41, 5.74) is 0.163. The second-order valence-electron chi connectivity index (χ2n) is 6.87. The maximum absolute atomic E-state index is 12.3. The van der Waals surface area contributed by atoms with Gasteiger partial charge in [-0.1, -0.05) is 11.6 Å². The number of carboxylic acids is 1. The first-order chi connectivity index (χ1) is 11.1. The van der Waals surface area contributed by atoms with Crippen molar-refractivity contribution in [2.45, 2.75) is 51.9 Å². The minimum absolute atomic E-state index is 0.161. The molecule has 1 amide bonds. The van der Waals surface area contributed by atoms with Crippen molar-refractivity contribution in [2.75, 3.05) is 6.54 Å². The molecule has 0 saturated carbocycles. The van der Waals surface area contributed by atoms with E-state index in [4.69, 9.17) is 21.1 Å². The average molecular weight is 356 g/mol. The highest BCUT2D eigenvalue weighted by molar-refractivity contribution is 6.30. The summed E-state index contributed by atoms with van der Waals surface area (Å²) in [6.07, 6.45) is -0.858. The van der Waals surface area contributed by atoms with Gasteiger partial charge < -0.3 is 14.6 Å². The maximum Gasteiger partial charge on any atom is 0.411 e. The molecule has 6 nitrogen and oxygen atoms in total. The minimum atomic E-state index is -1.07. The average Bonchev–Trinajstić information content (AvgIpc) is 2.84. The van der Waals surface area contributed by atoms with Crippen LogP contribution in [0.4, 0.5) is 4.79 Å². The Labute approximate surface area is 146 Å². The number of likely N-dealkylation sites (tertiary alicyclic amines) is 1. The summed E-state index contributed by atoms with van der Waals surface area (Å²) in [5.74, 6) is -0.445. The molecular formula is C17H22ClNO5. The van der Waals surface area contributed by atoms with Crippen molar-refractivity contribution in [3.63, 3.8) is 0 Å². The van der Waals surface area contributed by atoms with E-state index in [0.29, 0.717) is 10.8 Å². The minimum Gasteiger partial charge on any atom is -0.488 e. The van der Waals surface area contributed by atoms with Gasteiger partial charge in [-0.15, -0.1) is 0 Å². The van der Waals surface area contributed by atoms with Crippen molar-refractivity contribution in [3.8, 4) is 5.75 Å². The Kier molecular flexibility index (Phi) is 5.28. The Hall–Kier alpha value is -1.95. The molecule has 1 heterocycles. The lowest BCUT2D eigenvalue weighted by atomic mass is 10.2. The van der Waals surface area contributed by atoms with Crippen LogP contribution in [0.3, 0.4) is 0 Å². The fraction of sp³-hybridized carbons (Fsp3) is 0.529. The van der Waals surface area contributed by atoms with Gasteiger partial charge in [0.1, 0.15) is 23.5 Å². The van der Waals surface area contributed by atoms with Gasteiger partial charge in [-0.25, -0.2) is 9.59 Å². The highest BCUT2D eigenvalue weighted by atomic mass is 35.5. The smallest absolute Gasteiger partial charge is 0.411 e. The molecule has 1 saturated heterocycles. The van der Waals surface area contributed by atoms with E-state index in [1.54, 1.807) is 39.0 Å². The Morgan fingerprint density at radius 2 is 2.00 bits per heavy atom. The summed E-state index contributed by atoms with van der Waals surface area (Å²) in [5, 5.41) is 9.99. The topological polar surface area (TPSA) is 76.1 Å². The number of nitrogens with zero attached hydrogens (tertiary/aromatic N) is 1. The summed E-state index contributed by atoms with van der Waals surface area (Å²) in [7, 11) is 0. The molecule has 0 aliphatic carbocycles. The third kappa shape index (κ3) is 4.54. The second kappa shape index (κ2) is 6.89. The maximum atomic E-state index is 12.3. The standard InChI is InChI=1S/C17H22ClNO5/c1-10-7-11(18)5-6-14(10)23-12-8-13(15(20)21)19(9-12)16(22)24-17(2,3)4/h5-7,12-13H,8-9H2,1-4H3,(H,20,21)/t12-,13-/m1/s1. The van der Waals surface area contributed by atoms with Crippen LogP contribution in [0.1, 0.15) is 32.8 Å².